The van der Waals surface area contributed by atoms with Crippen molar-refractivity contribution in [3.05, 3.63) is 54.1 Å². The van der Waals surface area contributed by atoms with Crippen LogP contribution in [0.4, 0.5) is 0 Å². The number of carbonyl (C=O) groups excluding carboxylic acids is 6. The van der Waals surface area contributed by atoms with Crippen LogP contribution in [0.5, 0.6) is 0 Å². The van der Waals surface area contributed by atoms with Crippen LogP contribution < -0.4 is 37.6 Å². The molecule has 316 valence electrons. The normalized spacial score (nSPS) is 16.0. The summed E-state index contributed by atoms with van der Waals surface area (Å²) >= 11 is 0. The lowest BCUT2D eigenvalue weighted by molar-refractivity contribution is -0.144. The summed E-state index contributed by atoms with van der Waals surface area (Å²) in [7, 11) is 0. The van der Waals surface area contributed by atoms with E-state index in [1.54, 1.807) is 58.0 Å². The number of hydrogen-bond donors (Lipinski definition) is 12. The Hall–Kier alpha value is -5.44. The van der Waals surface area contributed by atoms with E-state index in [0.29, 0.717) is 17.7 Å². The zero-order valence-electron chi connectivity index (χ0n) is 32.7. The van der Waals surface area contributed by atoms with Crippen molar-refractivity contribution in [1.82, 2.24) is 41.9 Å². The highest BCUT2D eigenvalue weighted by Crippen LogP contribution is 2.11. The maximum atomic E-state index is 13.7. The van der Waals surface area contributed by atoms with Crippen LogP contribution >= 0.6 is 0 Å². The van der Waals surface area contributed by atoms with Crippen LogP contribution in [0.3, 0.4) is 0 Å². The van der Waals surface area contributed by atoms with Gasteiger partial charge >= 0.3 is 5.97 Å². The molecular weight excluding hydrogens is 746 g/mol. The SMILES string of the molecule is CC[C@H](C)[C@H](NC(=O)[C@H](CO)NC(=O)[C@H](Cc1ccccc1)NC(=O)[C@@H](NC(=O)[C@H](CC(C)C)NC(=O)[C@H](CO)NC(=O)[C@@H](N)Cc1cnc[nH]1)[C@@H](C)O)C(=O)O. The molecule has 0 aliphatic heterocycles. The molecule has 57 heavy (non-hydrogen) atoms. The number of benzene rings is 1. The first-order chi connectivity index (χ1) is 26.9. The van der Waals surface area contributed by atoms with E-state index in [0.717, 1.165) is 0 Å². The van der Waals surface area contributed by atoms with E-state index >= 15 is 0 Å². The lowest BCUT2D eigenvalue weighted by Gasteiger charge is -2.29. The molecule has 0 spiro atoms. The number of hydrogen-bond acceptors (Lipinski definition) is 12. The van der Waals surface area contributed by atoms with Crippen LogP contribution in [0.15, 0.2) is 42.9 Å². The Kier molecular flexibility index (Phi) is 19.7. The van der Waals surface area contributed by atoms with Gasteiger partial charge in [-0.25, -0.2) is 9.78 Å². The number of nitrogens with one attached hydrogen (secondary N) is 7. The number of aliphatic hydroxyl groups is 3. The smallest absolute Gasteiger partial charge is 0.326 e. The topological polar surface area (TPSA) is 327 Å². The number of rotatable bonds is 24. The maximum Gasteiger partial charge on any atom is 0.326 e. The van der Waals surface area contributed by atoms with Gasteiger partial charge in [-0.15, -0.1) is 0 Å². The molecular formula is C37H57N9O11. The van der Waals surface area contributed by atoms with Crippen molar-refractivity contribution in [2.75, 3.05) is 13.2 Å². The summed E-state index contributed by atoms with van der Waals surface area (Å²) in [5.41, 5.74) is 7.07. The van der Waals surface area contributed by atoms with Crippen LogP contribution in [0, 0.1) is 11.8 Å². The first-order valence-electron chi connectivity index (χ1n) is 18.6. The monoisotopic (exact) mass is 803 g/mol. The van der Waals surface area contributed by atoms with E-state index in [2.05, 4.69) is 41.9 Å². The summed E-state index contributed by atoms with van der Waals surface area (Å²) in [6.07, 6.45) is 1.69. The molecule has 2 aromatic rings. The summed E-state index contributed by atoms with van der Waals surface area (Å²) in [6.45, 7) is 6.31. The van der Waals surface area contributed by atoms with Gasteiger partial charge in [-0.1, -0.05) is 64.4 Å². The van der Waals surface area contributed by atoms with Crippen molar-refractivity contribution in [3.8, 4) is 0 Å². The molecule has 0 fully saturated rings. The van der Waals surface area contributed by atoms with Crippen LogP contribution in [-0.4, -0.2) is 133 Å². The molecule has 0 bridgehead atoms. The van der Waals surface area contributed by atoms with Crippen LogP contribution in [0.1, 0.15) is 58.7 Å². The Morgan fingerprint density at radius 3 is 1.72 bits per heavy atom. The molecule has 1 aromatic carbocycles. The number of nitrogens with zero attached hydrogens (tertiary/aromatic N) is 1. The third kappa shape index (κ3) is 15.6. The van der Waals surface area contributed by atoms with Gasteiger partial charge in [0.15, 0.2) is 0 Å². The van der Waals surface area contributed by atoms with Gasteiger partial charge < -0.3 is 63.0 Å². The summed E-state index contributed by atoms with van der Waals surface area (Å²) in [4.78, 5) is 98.3. The van der Waals surface area contributed by atoms with Crippen LogP contribution in [0.25, 0.3) is 0 Å². The van der Waals surface area contributed by atoms with E-state index in [1.165, 1.54) is 19.4 Å². The number of amides is 6. The molecule has 0 saturated carbocycles. The fourth-order valence-electron chi connectivity index (χ4n) is 5.56. The van der Waals surface area contributed by atoms with Gasteiger partial charge in [-0.2, -0.15) is 0 Å². The average molecular weight is 804 g/mol. The Balaban J connectivity index is 2.25. The predicted molar refractivity (Wildman–Crippen MR) is 204 cm³/mol. The number of imidazole rings is 1. The molecule has 0 saturated heterocycles. The standard InChI is InChI=1S/C37H57N9O11/c1-6-20(4)29(37(56)57)45-35(54)28(17-48)44-32(51)26(13-22-10-8-7-9-11-22)42-36(55)30(21(5)49)46-33(52)25(12-19(2)3)41-34(53)27(16-47)43-31(50)24(38)14-23-15-39-18-40-23/h7-11,15,18-21,24-30,47-49H,6,12-14,16-17,38H2,1-5H3,(H,39,40)(H,41,53)(H,42,55)(H,43,50)(H,44,51)(H,45,54)(H,46,52)(H,56,57)/t20-,21+,24-,25-,26-,27-,28-,29-,30-/m0/s1. The molecule has 13 N–H and O–H groups in total. The van der Waals surface area contributed by atoms with E-state index in [1.807, 2.05) is 0 Å². The zero-order chi connectivity index (χ0) is 42.8. The number of aromatic amines is 1. The second-order valence-electron chi connectivity index (χ2n) is 14.3. The quantitative estimate of drug-likeness (QED) is 0.0503. The Labute approximate surface area is 330 Å². The molecule has 1 heterocycles. The van der Waals surface area contributed by atoms with Crippen molar-refractivity contribution >= 4 is 41.4 Å². The molecule has 2 rings (SSSR count). The van der Waals surface area contributed by atoms with Gasteiger partial charge in [-0.05, 0) is 30.7 Å². The van der Waals surface area contributed by atoms with Crippen molar-refractivity contribution in [2.24, 2.45) is 17.6 Å². The Morgan fingerprint density at radius 1 is 0.702 bits per heavy atom. The number of H-pyrrole nitrogens is 1. The number of carboxylic acids is 1. The van der Waals surface area contributed by atoms with Crippen molar-refractivity contribution in [2.45, 2.75) is 109 Å². The van der Waals surface area contributed by atoms with Gasteiger partial charge in [0.1, 0.15) is 36.3 Å². The molecule has 20 heteroatoms. The third-order valence-corrected chi connectivity index (χ3v) is 9.06. The predicted octanol–water partition coefficient (Wildman–Crippen LogP) is -3.03. The first kappa shape index (κ1) is 47.7. The average Bonchev–Trinajstić information content (AvgIpc) is 3.68. The Bertz CT molecular complexity index is 1630. The van der Waals surface area contributed by atoms with Crippen molar-refractivity contribution in [3.63, 3.8) is 0 Å². The molecule has 9 atom stereocenters. The summed E-state index contributed by atoms with van der Waals surface area (Å²) in [6, 6.07) is -1.57. The number of nitrogens with two attached hydrogens (primary N) is 1. The van der Waals surface area contributed by atoms with Gasteiger partial charge in [-0.3, -0.25) is 28.8 Å². The maximum absolute atomic E-state index is 13.7. The minimum Gasteiger partial charge on any atom is -0.480 e. The number of aliphatic hydroxyl groups excluding tert-OH is 3. The van der Waals surface area contributed by atoms with Gasteiger partial charge in [0, 0.05) is 24.7 Å². The highest BCUT2D eigenvalue weighted by Gasteiger charge is 2.36. The summed E-state index contributed by atoms with van der Waals surface area (Å²) in [5, 5.41) is 54.5. The van der Waals surface area contributed by atoms with E-state index in [4.69, 9.17) is 5.73 Å². The highest BCUT2D eigenvalue weighted by atomic mass is 16.4. The zero-order valence-corrected chi connectivity index (χ0v) is 32.7. The second kappa shape index (κ2) is 23.6. The molecule has 1 aromatic heterocycles. The molecule has 0 aliphatic rings. The van der Waals surface area contributed by atoms with E-state index in [-0.39, 0.29) is 25.2 Å². The number of carboxylic acid groups (broad SMARTS) is 1. The Morgan fingerprint density at radius 2 is 1.21 bits per heavy atom. The first-order valence-corrected chi connectivity index (χ1v) is 18.6. The van der Waals surface area contributed by atoms with E-state index in [9.17, 15) is 54.0 Å². The lowest BCUT2D eigenvalue weighted by Crippen LogP contribution is -2.62. The molecule has 0 radical (unpaired) electrons. The van der Waals surface area contributed by atoms with E-state index < -0.39 is 109 Å². The van der Waals surface area contributed by atoms with Gasteiger partial charge in [0.25, 0.3) is 0 Å². The lowest BCUT2D eigenvalue weighted by atomic mass is 9.99. The highest BCUT2D eigenvalue weighted by molar-refractivity contribution is 5.97. The van der Waals surface area contributed by atoms with Gasteiger partial charge in [0.05, 0.1) is 31.7 Å². The minimum absolute atomic E-state index is 0.0283. The molecule has 6 amide bonds. The number of carbonyl (C=O) groups is 7. The third-order valence-electron chi connectivity index (χ3n) is 9.06. The van der Waals surface area contributed by atoms with Crippen LogP contribution in [0.2, 0.25) is 0 Å². The minimum atomic E-state index is -1.69. The van der Waals surface area contributed by atoms with Gasteiger partial charge in [0.2, 0.25) is 35.4 Å². The second-order valence-corrected chi connectivity index (χ2v) is 14.3. The molecule has 0 unspecified atom stereocenters. The summed E-state index contributed by atoms with van der Waals surface area (Å²) < 4.78 is 0. The molecule has 20 nitrogen and oxygen atoms in total. The van der Waals surface area contributed by atoms with Crippen molar-refractivity contribution < 1.29 is 54.0 Å². The largest absolute Gasteiger partial charge is 0.480 e. The van der Waals surface area contributed by atoms with Crippen LogP contribution in [-0.2, 0) is 46.4 Å². The molecule has 0 aliphatic carbocycles. The fraction of sp³-hybridized carbons (Fsp3) is 0.568. The number of aliphatic carboxylic acids is 1. The van der Waals surface area contributed by atoms with Crippen molar-refractivity contribution in [1.29, 1.82) is 0 Å². The fourth-order valence-corrected chi connectivity index (χ4v) is 5.56. The summed E-state index contributed by atoms with van der Waals surface area (Å²) in [5.74, 6) is -7.53. The number of aromatic nitrogens is 2.